The van der Waals surface area contributed by atoms with Gasteiger partial charge in [-0.2, -0.15) is 0 Å². The number of para-hydroxylation sites is 3. The van der Waals surface area contributed by atoms with Crippen molar-refractivity contribution in [2.45, 2.75) is 32.4 Å². The van der Waals surface area contributed by atoms with Gasteiger partial charge in [-0.25, -0.2) is 4.98 Å². The van der Waals surface area contributed by atoms with Crippen molar-refractivity contribution in [3.8, 4) is 28.9 Å². The van der Waals surface area contributed by atoms with Crippen LogP contribution in [0.25, 0.3) is 0 Å². The van der Waals surface area contributed by atoms with Gasteiger partial charge in [0.2, 0.25) is 5.88 Å². The van der Waals surface area contributed by atoms with Gasteiger partial charge in [0.25, 0.3) is 0 Å². The van der Waals surface area contributed by atoms with Crippen LogP contribution in [-0.4, -0.2) is 37.3 Å². The second-order valence-electron chi connectivity index (χ2n) is 7.79. The first-order valence-electron chi connectivity index (χ1n) is 11.0. The summed E-state index contributed by atoms with van der Waals surface area (Å²) < 4.78 is 23.4. The molecule has 0 fully saturated rings. The van der Waals surface area contributed by atoms with E-state index < -0.39 is 0 Å². The van der Waals surface area contributed by atoms with Crippen LogP contribution in [0.5, 0.6) is 28.9 Å². The molecule has 2 aromatic carbocycles. The summed E-state index contributed by atoms with van der Waals surface area (Å²) in [6.07, 6.45) is 4.92. The minimum absolute atomic E-state index is 0.602. The van der Waals surface area contributed by atoms with E-state index in [0.717, 1.165) is 60.7 Å². The fourth-order valence-corrected chi connectivity index (χ4v) is 3.96. The second-order valence-corrected chi connectivity index (χ2v) is 7.79. The van der Waals surface area contributed by atoms with Crippen LogP contribution in [0, 0.1) is 0 Å². The third-order valence-corrected chi connectivity index (χ3v) is 5.55. The largest absolute Gasteiger partial charge is 0.493 e. The van der Waals surface area contributed by atoms with E-state index in [-0.39, 0.29) is 0 Å². The van der Waals surface area contributed by atoms with E-state index in [4.69, 9.17) is 18.9 Å². The predicted molar refractivity (Wildman–Crippen MR) is 124 cm³/mol. The molecule has 4 rings (SSSR count). The molecule has 3 aromatic rings. The molecule has 0 amide bonds. The van der Waals surface area contributed by atoms with Gasteiger partial charge >= 0.3 is 0 Å². The monoisotopic (exact) mass is 434 g/mol. The highest BCUT2D eigenvalue weighted by molar-refractivity contribution is 5.47. The van der Waals surface area contributed by atoms with Crippen LogP contribution in [0.4, 0.5) is 0 Å². The summed E-state index contributed by atoms with van der Waals surface area (Å²) in [6.45, 7) is 3.06. The molecule has 0 N–H and O–H groups in total. The van der Waals surface area contributed by atoms with E-state index in [1.54, 1.807) is 20.4 Å². The van der Waals surface area contributed by atoms with Gasteiger partial charge < -0.3 is 18.9 Å². The zero-order valence-electron chi connectivity index (χ0n) is 18.8. The molecule has 0 atom stereocenters. The van der Waals surface area contributed by atoms with Crippen molar-refractivity contribution in [1.29, 1.82) is 0 Å². The zero-order valence-corrected chi connectivity index (χ0v) is 18.8. The van der Waals surface area contributed by atoms with Crippen molar-refractivity contribution in [3.63, 3.8) is 0 Å². The highest BCUT2D eigenvalue weighted by Crippen LogP contribution is 2.34. The molecule has 0 aliphatic carbocycles. The lowest BCUT2D eigenvalue weighted by atomic mass is 10.1. The molecular weight excluding hydrogens is 404 g/mol. The normalized spacial score (nSPS) is 14.9. The van der Waals surface area contributed by atoms with Crippen molar-refractivity contribution < 1.29 is 18.9 Å². The number of ether oxygens (including phenoxy) is 4. The predicted octanol–water partition coefficient (Wildman–Crippen LogP) is 5.46. The second kappa shape index (κ2) is 10.9. The minimum atomic E-state index is 0.602. The van der Waals surface area contributed by atoms with E-state index >= 15 is 0 Å². The molecular formula is C26H30N2O4. The minimum Gasteiger partial charge on any atom is -0.493 e. The molecule has 0 spiro atoms. The lowest BCUT2D eigenvalue weighted by molar-refractivity contribution is 0.239. The van der Waals surface area contributed by atoms with Crippen molar-refractivity contribution >= 4 is 0 Å². The Balaban J connectivity index is 1.63. The Bertz CT molecular complexity index is 1020. The van der Waals surface area contributed by atoms with E-state index in [9.17, 15) is 0 Å². The Hall–Kier alpha value is -3.25. The lowest BCUT2D eigenvalue weighted by Gasteiger charge is -2.24. The van der Waals surface area contributed by atoms with E-state index in [0.29, 0.717) is 24.8 Å². The van der Waals surface area contributed by atoms with Crippen LogP contribution >= 0.6 is 0 Å². The molecule has 6 nitrogen and oxygen atoms in total. The van der Waals surface area contributed by atoms with Crippen LogP contribution < -0.4 is 18.9 Å². The third-order valence-electron chi connectivity index (χ3n) is 5.55. The van der Waals surface area contributed by atoms with Gasteiger partial charge in [0.15, 0.2) is 23.0 Å². The summed E-state index contributed by atoms with van der Waals surface area (Å²) in [5, 5.41) is 0. The van der Waals surface area contributed by atoms with Crippen molar-refractivity contribution in [2.24, 2.45) is 0 Å². The van der Waals surface area contributed by atoms with Crippen molar-refractivity contribution in [2.75, 3.05) is 27.4 Å². The number of methoxy groups -OCH3 is 2. The summed E-state index contributed by atoms with van der Waals surface area (Å²) >= 11 is 0. The Morgan fingerprint density at radius 2 is 1.78 bits per heavy atom. The summed E-state index contributed by atoms with van der Waals surface area (Å²) in [7, 11) is 3.35. The molecule has 0 saturated carbocycles. The molecule has 168 valence electrons. The molecule has 2 heterocycles. The number of fused-ring (bicyclic) bond motifs is 2. The average molecular weight is 435 g/mol. The maximum atomic E-state index is 6.23. The van der Waals surface area contributed by atoms with E-state index in [1.807, 2.05) is 42.5 Å². The average Bonchev–Trinajstić information content (AvgIpc) is 2.84. The summed E-state index contributed by atoms with van der Waals surface area (Å²) in [5.74, 6) is 3.57. The summed E-state index contributed by atoms with van der Waals surface area (Å²) in [4.78, 5) is 6.93. The third kappa shape index (κ3) is 5.32. The number of rotatable bonds is 4. The van der Waals surface area contributed by atoms with Crippen molar-refractivity contribution in [3.05, 3.63) is 71.9 Å². The quantitative estimate of drug-likeness (QED) is 0.544. The zero-order chi connectivity index (χ0) is 22.2. The molecule has 0 saturated heterocycles. The Morgan fingerprint density at radius 1 is 0.906 bits per heavy atom. The maximum Gasteiger partial charge on any atom is 0.223 e. The first-order valence-corrected chi connectivity index (χ1v) is 11.0. The topological polar surface area (TPSA) is 53.1 Å². The van der Waals surface area contributed by atoms with Crippen molar-refractivity contribution in [1.82, 2.24) is 9.88 Å². The molecule has 0 radical (unpaired) electrons. The highest BCUT2D eigenvalue weighted by Gasteiger charge is 2.17. The highest BCUT2D eigenvalue weighted by atomic mass is 16.5. The Labute approximate surface area is 189 Å². The fourth-order valence-electron chi connectivity index (χ4n) is 3.96. The number of aromatic nitrogens is 1. The number of pyridine rings is 1. The van der Waals surface area contributed by atoms with E-state index in [2.05, 4.69) is 22.0 Å². The van der Waals surface area contributed by atoms with Crippen LogP contribution in [0.3, 0.4) is 0 Å². The standard InChI is InChI=1S/C26H30N2O4/c1-29-24-14-8-10-20(25(24)30-2)18-28-16-6-3-7-17-31-22-12-4-5-13-23(22)32-26-21(19-28)11-9-15-27-26/h4-5,8-15H,3,6-7,16-19H2,1-2H3. The maximum absolute atomic E-state index is 6.23. The number of nitrogens with zero attached hydrogens (tertiary/aromatic N) is 2. The first kappa shape index (κ1) is 22.0. The van der Waals surface area contributed by atoms with Crippen LogP contribution in [0.2, 0.25) is 0 Å². The molecule has 1 aliphatic rings. The smallest absolute Gasteiger partial charge is 0.223 e. The fraction of sp³-hybridized carbons (Fsp3) is 0.346. The Morgan fingerprint density at radius 3 is 2.62 bits per heavy atom. The number of benzene rings is 2. The molecule has 1 aliphatic heterocycles. The molecule has 1 aromatic heterocycles. The Kier molecular flexibility index (Phi) is 7.46. The summed E-state index contributed by atoms with van der Waals surface area (Å²) in [5.41, 5.74) is 2.12. The molecule has 6 heteroatoms. The van der Waals surface area contributed by atoms with Gasteiger partial charge in [-0.15, -0.1) is 0 Å². The molecule has 0 unspecified atom stereocenters. The number of hydrogen-bond acceptors (Lipinski definition) is 6. The van der Waals surface area contributed by atoms with Gasteiger partial charge in [-0.05, 0) is 50.1 Å². The van der Waals surface area contributed by atoms with Gasteiger partial charge in [-0.3, -0.25) is 4.90 Å². The van der Waals surface area contributed by atoms with Gasteiger partial charge in [-0.1, -0.05) is 30.3 Å². The van der Waals surface area contributed by atoms with Gasteiger partial charge in [0.05, 0.1) is 20.8 Å². The number of hydrogen-bond donors (Lipinski definition) is 0. The van der Waals surface area contributed by atoms with E-state index in [1.165, 1.54) is 0 Å². The molecule has 32 heavy (non-hydrogen) atoms. The van der Waals surface area contributed by atoms with Crippen LogP contribution in [0.15, 0.2) is 60.8 Å². The van der Waals surface area contributed by atoms with Gasteiger partial charge in [0.1, 0.15) is 0 Å². The van der Waals surface area contributed by atoms with Crippen LogP contribution in [-0.2, 0) is 13.1 Å². The van der Waals surface area contributed by atoms with Crippen LogP contribution in [0.1, 0.15) is 30.4 Å². The first-order chi connectivity index (χ1) is 15.8. The molecule has 0 bridgehead atoms. The lowest BCUT2D eigenvalue weighted by Crippen LogP contribution is -2.25. The van der Waals surface area contributed by atoms with Gasteiger partial charge in [0, 0.05) is 30.4 Å². The SMILES string of the molecule is COc1cccc(CN2CCCCCOc3ccccc3Oc3ncccc3C2)c1OC. The summed E-state index contributed by atoms with van der Waals surface area (Å²) in [6, 6.07) is 17.8.